The fourth-order valence-electron chi connectivity index (χ4n) is 5.27. The van der Waals surface area contributed by atoms with Gasteiger partial charge in [0, 0.05) is 73.1 Å². The minimum Gasteiger partial charge on any atom is -0.378 e. The molecule has 2 aromatic carbocycles. The largest absolute Gasteiger partial charge is 0.378 e. The predicted octanol–water partition coefficient (Wildman–Crippen LogP) is 3.29. The number of carbonyl (C=O) groups excluding carboxylic acids is 5. The van der Waals surface area contributed by atoms with E-state index in [1.54, 1.807) is 18.2 Å². The highest BCUT2D eigenvalue weighted by molar-refractivity contribution is 9.10. The molecule has 10 heteroatoms. The number of carbonyl (C=O) groups is 5. The zero-order chi connectivity index (χ0) is 27.1. The average Bonchev–Trinajstić information content (AvgIpc) is 3.20. The lowest BCUT2D eigenvalue weighted by Crippen LogP contribution is -2.52. The lowest BCUT2D eigenvalue weighted by molar-refractivity contribution is -0.137. The number of anilines is 2. The van der Waals surface area contributed by atoms with E-state index in [1.165, 1.54) is 11.1 Å². The van der Waals surface area contributed by atoms with Gasteiger partial charge < -0.3 is 15.1 Å². The molecular formula is C28H27BrN4O5. The van der Waals surface area contributed by atoms with Gasteiger partial charge in [-0.3, -0.25) is 29.3 Å². The molecule has 0 spiro atoms. The number of allylic oxidation sites excluding steroid dienone is 1. The van der Waals surface area contributed by atoms with E-state index in [0.29, 0.717) is 16.8 Å². The molecule has 0 radical (unpaired) electrons. The fourth-order valence-corrected chi connectivity index (χ4v) is 5.84. The third-order valence-electron chi connectivity index (χ3n) is 7.35. The van der Waals surface area contributed by atoms with Gasteiger partial charge in [-0.25, -0.2) is 0 Å². The molecule has 3 aliphatic rings. The number of imide groups is 1. The maximum atomic E-state index is 13.1. The summed E-state index contributed by atoms with van der Waals surface area (Å²) >= 11 is 3.56. The van der Waals surface area contributed by atoms with Crippen molar-refractivity contribution in [2.24, 2.45) is 0 Å². The number of Topliss-reactive ketones (excluding diaryl/α,β-unsaturated/α-hetero) is 2. The summed E-state index contributed by atoms with van der Waals surface area (Å²) in [5.41, 5.74) is 3.73. The van der Waals surface area contributed by atoms with Crippen LogP contribution in [0.4, 0.5) is 11.4 Å². The molecule has 0 bridgehead atoms. The van der Waals surface area contributed by atoms with Crippen molar-refractivity contribution in [3.63, 3.8) is 0 Å². The number of fused-ring (bicyclic) bond motifs is 1. The van der Waals surface area contributed by atoms with Crippen molar-refractivity contribution in [2.45, 2.75) is 44.2 Å². The Kier molecular flexibility index (Phi) is 6.92. The quantitative estimate of drug-likeness (QED) is 0.317. The summed E-state index contributed by atoms with van der Waals surface area (Å²) in [6, 6.07) is 10.3. The standard InChI is InChI=1S/C28H27BrN4O5/c1-32(2)16-6-7-21(29)18(12-16)15-10-24(34)19(25(35)11-15)13-30-22-5-3-4-17-20(22)14-33(28(17)38)23-8-9-26(36)31-27(23)37/h3-7,12-13,15,23,30H,8-11,14H2,1-2H3,(H,31,36,37). The summed E-state index contributed by atoms with van der Waals surface area (Å²) in [6.45, 7) is 0.187. The number of nitrogens with zero attached hydrogens (tertiary/aromatic N) is 2. The Morgan fingerprint density at radius 2 is 1.79 bits per heavy atom. The normalized spacial score (nSPS) is 21.4. The first-order valence-electron chi connectivity index (χ1n) is 12.4. The highest BCUT2D eigenvalue weighted by Gasteiger charge is 2.40. The average molecular weight is 579 g/mol. The number of hydrogen-bond acceptors (Lipinski definition) is 7. The van der Waals surface area contributed by atoms with Crippen LogP contribution in [0.3, 0.4) is 0 Å². The lowest BCUT2D eigenvalue weighted by Gasteiger charge is -2.29. The number of hydrogen-bond donors (Lipinski definition) is 2. The van der Waals surface area contributed by atoms with E-state index >= 15 is 0 Å². The molecule has 0 aromatic heterocycles. The van der Waals surface area contributed by atoms with Crippen molar-refractivity contribution >= 4 is 56.6 Å². The van der Waals surface area contributed by atoms with Crippen molar-refractivity contribution in [2.75, 3.05) is 24.3 Å². The molecule has 2 fully saturated rings. The van der Waals surface area contributed by atoms with Crippen molar-refractivity contribution in [3.05, 3.63) is 69.3 Å². The molecule has 196 valence electrons. The van der Waals surface area contributed by atoms with Gasteiger partial charge in [0.1, 0.15) is 6.04 Å². The second-order valence-corrected chi connectivity index (χ2v) is 10.8. The first kappa shape index (κ1) is 25.8. The molecule has 2 heterocycles. The van der Waals surface area contributed by atoms with Crippen LogP contribution in [0.1, 0.15) is 53.1 Å². The van der Waals surface area contributed by atoms with Crippen LogP contribution in [0.25, 0.3) is 0 Å². The summed E-state index contributed by atoms with van der Waals surface area (Å²) in [5.74, 6) is -1.81. The van der Waals surface area contributed by atoms with Crippen LogP contribution < -0.4 is 15.5 Å². The van der Waals surface area contributed by atoms with Crippen LogP contribution in [0, 0.1) is 0 Å². The van der Waals surface area contributed by atoms with Crippen molar-refractivity contribution in [1.82, 2.24) is 10.2 Å². The van der Waals surface area contributed by atoms with Gasteiger partial charge in [0.05, 0.1) is 5.57 Å². The molecular weight excluding hydrogens is 552 g/mol. The highest BCUT2D eigenvalue weighted by Crippen LogP contribution is 2.38. The number of nitrogens with one attached hydrogen (secondary N) is 2. The number of amides is 3. The second kappa shape index (κ2) is 10.2. The topological polar surface area (TPSA) is 116 Å². The zero-order valence-electron chi connectivity index (χ0n) is 21.0. The van der Waals surface area contributed by atoms with E-state index in [0.717, 1.165) is 15.7 Å². The van der Waals surface area contributed by atoms with Crippen LogP contribution in [0.5, 0.6) is 0 Å². The third-order valence-corrected chi connectivity index (χ3v) is 8.08. The van der Waals surface area contributed by atoms with Crippen LogP contribution in [-0.4, -0.2) is 54.3 Å². The number of piperidine rings is 1. The van der Waals surface area contributed by atoms with Crippen molar-refractivity contribution in [1.29, 1.82) is 0 Å². The maximum Gasteiger partial charge on any atom is 0.255 e. The molecule has 38 heavy (non-hydrogen) atoms. The Morgan fingerprint density at radius 1 is 1.05 bits per heavy atom. The Balaban J connectivity index is 1.33. The molecule has 5 rings (SSSR count). The Labute approximate surface area is 228 Å². The first-order valence-corrected chi connectivity index (χ1v) is 13.2. The van der Waals surface area contributed by atoms with E-state index in [1.807, 2.05) is 37.2 Å². The fraction of sp³-hybridized carbons (Fsp3) is 0.321. The van der Waals surface area contributed by atoms with Crippen LogP contribution in [-0.2, 0) is 25.7 Å². The number of ketones is 2. The molecule has 1 saturated carbocycles. The van der Waals surface area contributed by atoms with Gasteiger partial charge in [0.2, 0.25) is 11.8 Å². The van der Waals surface area contributed by atoms with Gasteiger partial charge in [0.15, 0.2) is 11.6 Å². The molecule has 2 aromatic rings. The molecule has 1 saturated heterocycles. The maximum absolute atomic E-state index is 13.1. The SMILES string of the molecule is CN(C)c1ccc(Br)c(C2CC(=O)C(=CNc3cccc4c3CN(C3CCC(=O)NC3=O)C4=O)C(=O)C2)c1. The number of rotatable bonds is 5. The molecule has 1 aliphatic carbocycles. The number of benzene rings is 2. The monoisotopic (exact) mass is 578 g/mol. The van der Waals surface area contributed by atoms with Gasteiger partial charge in [-0.15, -0.1) is 0 Å². The van der Waals surface area contributed by atoms with Gasteiger partial charge >= 0.3 is 0 Å². The Morgan fingerprint density at radius 3 is 2.47 bits per heavy atom. The van der Waals surface area contributed by atoms with Crippen LogP contribution >= 0.6 is 15.9 Å². The van der Waals surface area contributed by atoms with Gasteiger partial charge in [-0.2, -0.15) is 0 Å². The Hall–Kier alpha value is -3.79. The van der Waals surface area contributed by atoms with Crippen LogP contribution in [0.15, 0.2) is 52.6 Å². The summed E-state index contributed by atoms with van der Waals surface area (Å²) in [5, 5.41) is 5.37. The molecule has 1 atom stereocenters. The number of halogens is 1. The van der Waals surface area contributed by atoms with E-state index in [9.17, 15) is 24.0 Å². The first-order chi connectivity index (χ1) is 18.1. The Bertz CT molecular complexity index is 1400. The predicted molar refractivity (Wildman–Crippen MR) is 145 cm³/mol. The minimum absolute atomic E-state index is 0.102. The van der Waals surface area contributed by atoms with E-state index in [4.69, 9.17) is 0 Å². The molecule has 2 aliphatic heterocycles. The summed E-state index contributed by atoms with van der Waals surface area (Å²) < 4.78 is 0.865. The lowest BCUT2D eigenvalue weighted by atomic mass is 9.80. The second-order valence-electron chi connectivity index (χ2n) is 9.99. The van der Waals surface area contributed by atoms with Gasteiger partial charge in [-0.05, 0) is 48.2 Å². The minimum atomic E-state index is -0.720. The molecule has 1 unspecified atom stereocenters. The summed E-state index contributed by atoms with van der Waals surface area (Å²) in [6.07, 6.45) is 2.30. The zero-order valence-corrected chi connectivity index (χ0v) is 22.6. The third kappa shape index (κ3) is 4.76. The van der Waals surface area contributed by atoms with E-state index < -0.39 is 11.9 Å². The van der Waals surface area contributed by atoms with Gasteiger partial charge in [-0.1, -0.05) is 22.0 Å². The van der Waals surface area contributed by atoms with E-state index in [2.05, 4.69) is 26.6 Å². The van der Waals surface area contributed by atoms with Crippen molar-refractivity contribution < 1.29 is 24.0 Å². The van der Waals surface area contributed by atoms with Crippen LogP contribution in [0.2, 0.25) is 0 Å². The molecule has 3 amide bonds. The van der Waals surface area contributed by atoms with E-state index in [-0.39, 0.29) is 67.1 Å². The molecule has 9 nitrogen and oxygen atoms in total. The molecule has 2 N–H and O–H groups in total. The smallest absolute Gasteiger partial charge is 0.255 e. The highest BCUT2D eigenvalue weighted by atomic mass is 79.9. The van der Waals surface area contributed by atoms with Gasteiger partial charge in [0.25, 0.3) is 5.91 Å². The summed E-state index contributed by atoms with van der Waals surface area (Å²) in [7, 11) is 3.88. The van der Waals surface area contributed by atoms with Crippen molar-refractivity contribution in [3.8, 4) is 0 Å². The summed E-state index contributed by atoms with van der Waals surface area (Å²) in [4.78, 5) is 66.5.